The van der Waals surface area contributed by atoms with Gasteiger partial charge in [-0.05, 0) is 38.0 Å². The number of rotatable bonds is 6. The minimum atomic E-state index is -3.81. The minimum Gasteiger partial charge on any atom is -0.464 e. The van der Waals surface area contributed by atoms with Crippen molar-refractivity contribution in [1.29, 1.82) is 0 Å². The predicted octanol–water partition coefficient (Wildman–Crippen LogP) is 2.97. The molecule has 4 aromatic rings. The molecule has 0 aliphatic carbocycles. The Balaban J connectivity index is 1.48. The van der Waals surface area contributed by atoms with Gasteiger partial charge in [-0.3, -0.25) is 0 Å². The number of likely N-dealkylation sites (N-methyl/N-ethyl adjacent to an activating group) is 1. The van der Waals surface area contributed by atoms with Crippen LogP contribution in [0.4, 0.5) is 5.82 Å². The first-order valence-electron chi connectivity index (χ1n) is 11.8. The molecule has 1 aliphatic heterocycles. The van der Waals surface area contributed by atoms with Gasteiger partial charge >= 0.3 is 5.97 Å². The van der Waals surface area contributed by atoms with E-state index in [1.165, 1.54) is 23.6 Å². The summed E-state index contributed by atoms with van der Waals surface area (Å²) >= 11 is 0. The fourth-order valence-electron chi connectivity index (χ4n) is 4.88. The van der Waals surface area contributed by atoms with Crippen LogP contribution in [0.25, 0.3) is 11.0 Å². The van der Waals surface area contributed by atoms with Crippen molar-refractivity contribution in [3.05, 3.63) is 65.6 Å². The molecule has 10 nitrogen and oxygen atoms in total. The summed E-state index contributed by atoms with van der Waals surface area (Å²) in [4.78, 5) is 27.9. The van der Waals surface area contributed by atoms with E-state index < -0.39 is 16.0 Å². The second-order valence-electron chi connectivity index (χ2n) is 8.94. The number of aromatic nitrogens is 5. The van der Waals surface area contributed by atoms with Crippen LogP contribution in [-0.2, 0) is 34.1 Å². The highest BCUT2D eigenvalue weighted by Gasteiger charge is 2.30. The van der Waals surface area contributed by atoms with E-state index in [0.29, 0.717) is 41.9 Å². The first-order chi connectivity index (χ1) is 17.3. The number of aryl methyl sites for hydroxylation is 1. The number of ether oxygens (including phenoxy) is 1. The van der Waals surface area contributed by atoms with Crippen LogP contribution >= 0.6 is 0 Å². The summed E-state index contributed by atoms with van der Waals surface area (Å²) in [5.41, 5.74) is 2.57. The van der Waals surface area contributed by atoms with Crippen molar-refractivity contribution < 1.29 is 17.9 Å². The van der Waals surface area contributed by atoms with Gasteiger partial charge in [0, 0.05) is 32.3 Å². The van der Waals surface area contributed by atoms with E-state index in [-0.39, 0.29) is 10.9 Å². The molecule has 0 bridgehead atoms. The molecule has 4 heterocycles. The quantitative estimate of drug-likeness (QED) is 0.366. The van der Waals surface area contributed by atoms with Crippen molar-refractivity contribution in [1.82, 2.24) is 23.5 Å². The van der Waals surface area contributed by atoms with Crippen molar-refractivity contribution in [2.24, 2.45) is 0 Å². The van der Waals surface area contributed by atoms with Crippen molar-refractivity contribution in [3.8, 4) is 0 Å². The van der Waals surface area contributed by atoms with E-state index in [1.807, 2.05) is 20.9 Å². The maximum Gasteiger partial charge on any atom is 0.358 e. The molecule has 1 atom stereocenters. The first kappa shape index (κ1) is 24.0. The first-order valence-corrected chi connectivity index (χ1v) is 13.2. The van der Waals surface area contributed by atoms with Gasteiger partial charge in [0.2, 0.25) is 0 Å². The number of hydrogen-bond donors (Lipinski definition) is 0. The highest BCUT2D eigenvalue weighted by atomic mass is 32.2. The molecule has 3 aromatic heterocycles. The predicted molar refractivity (Wildman–Crippen MR) is 135 cm³/mol. The summed E-state index contributed by atoms with van der Waals surface area (Å²) in [5, 5.41) is 0.647. The molecule has 0 radical (unpaired) electrons. The molecule has 0 saturated heterocycles. The fraction of sp³-hybridized carbons (Fsp3) is 0.360. The number of imidazole rings is 1. The molecule has 36 heavy (non-hydrogen) atoms. The average Bonchev–Trinajstić information content (AvgIpc) is 3.49. The molecular formula is C25H28N6O4S. The number of esters is 1. The Kier molecular flexibility index (Phi) is 6.03. The number of methoxy groups -OCH3 is 1. The average molecular weight is 509 g/mol. The van der Waals surface area contributed by atoms with Gasteiger partial charge in [-0.25, -0.2) is 32.1 Å². The Morgan fingerprint density at radius 1 is 1.19 bits per heavy atom. The normalized spacial score (nSPS) is 15.6. The molecule has 0 N–H and O–H groups in total. The topological polar surface area (TPSA) is 112 Å². The Bertz CT molecular complexity index is 1560. The maximum absolute atomic E-state index is 13.3. The van der Waals surface area contributed by atoms with E-state index >= 15 is 0 Å². The van der Waals surface area contributed by atoms with Gasteiger partial charge in [0.25, 0.3) is 10.0 Å². The summed E-state index contributed by atoms with van der Waals surface area (Å²) in [6.45, 7) is 4.63. The van der Waals surface area contributed by atoms with Crippen LogP contribution in [0, 0.1) is 6.92 Å². The Hall–Kier alpha value is -3.73. The molecule has 1 aliphatic rings. The third-order valence-electron chi connectivity index (χ3n) is 6.86. The second kappa shape index (κ2) is 9.05. The van der Waals surface area contributed by atoms with E-state index in [0.717, 1.165) is 23.5 Å². The molecule has 0 spiro atoms. The number of hydrogen-bond acceptors (Lipinski definition) is 8. The molecule has 1 unspecified atom stereocenters. The zero-order valence-electron chi connectivity index (χ0n) is 20.7. The third-order valence-corrected chi connectivity index (χ3v) is 8.54. The number of fused-ring (bicyclic) bond motifs is 2. The summed E-state index contributed by atoms with van der Waals surface area (Å²) in [7, 11) is -0.505. The van der Waals surface area contributed by atoms with Crippen molar-refractivity contribution in [2.75, 3.05) is 19.1 Å². The maximum atomic E-state index is 13.3. The van der Waals surface area contributed by atoms with Crippen molar-refractivity contribution in [3.63, 3.8) is 0 Å². The van der Waals surface area contributed by atoms with Crippen LogP contribution in [0.1, 0.15) is 40.9 Å². The Labute approximate surface area is 209 Å². The van der Waals surface area contributed by atoms with Gasteiger partial charge in [-0.15, -0.1) is 0 Å². The molecule has 188 valence electrons. The molecule has 0 fully saturated rings. The summed E-state index contributed by atoms with van der Waals surface area (Å²) in [5.74, 6) is 1.05. The second-order valence-corrected chi connectivity index (χ2v) is 10.8. The summed E-state index contributed by atoms with van der Waals surface area (Å²) < 4.78 is 34.9. The zero-order valence-corrected chi connectivity index (χ0v) is 21.5. The summed E-state index contributed by atoms with van der Waals surface area (Å²) in [6.07, 6.45) is 5.04. The van der Waals surface area contributed by atoms with Crippen LogP contribution in [-0.4, -0.2) is 58.1 Å². The Morgan fingerprint density at radius 3 is 2.64 bits per heavy atom. The number of carbonyl (C=O) groups is 1. The van der Waals surface area contributed by atoms with Crippen molar-refractivity contribution >= 4 is 32.8 Å². The molecule has 1 aromatic carbocycles. The molecule has 11 heteroatoms. The van der Waals surface area contributed by atoms with Crippen LogP contribution in [0.15, 0.2) is 47.8 Å². The molecule has 0 amide bonds. The smallest absolute Gasteiger partial charge is 0.358 e. The minimum absolute atomic E-state index is 0.0604. The van der Waals surface area contributed by atoms with Gasteiger partial charge in [0.15, 0.2) is 11.3 Å². The zero-order chi connectivity index (χ0) is 25.6. The lowest BCUT2D eigenvalue weighted by Crippen LogP contribution is -2.39. The van der Waals surface area contributed by atoms with Gasteiger partial charge in [0.05, 0.1) is 23.1 Å². The highest BCUT2D eigenvalue weighted by molar-refractivity contribution is 7.90. The lowest BCUT2D eigenvalue weighted by molar-refractivity contribution is 0.0593. The van der Waals surface area contributed by atoms with E-state index in [4.69, 9.17) is 4.74 Å². The van der Waals surface area contributed by atoms with Crippen LogP contribution < -0.4 is 4.90 Å². The van der Waals surface area contributed by atoms with Gasteiger partial charge in [0.1, 0.15) is 18.0 Å². The van der Waals surface area contributed by atoms with E-state index in [1.54, 1.807) is 30.3 Å². The van der Waals surface area contributed by atoms with Gasteiger partial charge < -0.3 is 14.2 Å². The third kappa shape index (κ3) is 3.83. The molecule has 5 rings (SSSR count). The molecule has 0 saturated carbocycles. The Morgan fingerprint density at radius 2 is 1.94 bits per heavy atom. The number of anilines is 1. The lowest BCUT2D eigenvalue weighted by atomic mass is 10.0. The van der Waals surface area contributed by atoms with Gasteiger partial charge in [-0.1, -0.05) is 24.6 Å². The fourth-order valence-corrected chi connectivity index (χ4v) is 6.19. The van der Waals surface area contributed by atoms with Gasteiger partial charge in [-0.2, -0.15) is 0 Å². The van der Waals surface area contributed by atoms with Crippen LogP contribution in [0.2, 0.25) is 0 Å². The number of carbonyl (C=O) groups excluding carboxylic acids is 1. The van der Waals surface area contributed by atoms with E-state index in [9.17, 15) is 13.2 Å². The standard InChI is InChI=1S/C25H28N6O4S/c1-5-20-22(25(32)35-4)28-21-14-17(10-12-30(20)21)29(3)23-19-11-13-31(24(19)27-15-26-23)36(33,34)18-8-6-16(2)7-9-18/h6-9,11,13,15,17H,5,10,12,14H2,1-4H3. The summed E-state index contributed by atoms with van der Waals surface area (Å²) in [6, 6.07) is 8.54. The van der Waals surface area contributed by atoms with Crippen molar-refractivity contribution in [2.45, 2.75) is 50.6 Å². The highest BCUT2D eigenvalue weighted by Crippen LogP contribution is 2.31. The molecular weight excluding hydrogens is 480 g/mol. The SMILES string of the molecule is CCc1c(C(=O)OC)nc2n1CCC(N(C)c1ncnc3c1ccn3S(=O)(=O)c1ccc(C)cc1)C2. The largest absolute Gasteiger partial charge is 0.464 e. The van der Waals surface area contributed by atoms with Crippen LogP contribution in [0.5, 0.6) is 0 Å². The number of benzene rings is 1. The number of nitrogens with zero attached hydrogens (tertiary/aromatic N) is 6. The monoisotopic (exact) mass is 508 g/mol. The lowest BCUT2D eigenvalue weighted by Gasteiger charge is -2.33. The van der Waals surface area contributed by atoms with E-state index in [2.05, 4.69) is 24.4 Å². The van der Waals surface area contributed by atoms with Crippen LogP contribution in [0.3, 0.4) is 0 Å².